The lowest BCUT2D eigenvalue weighted by Crippen LogP contribution is -2.58. The molecule has 12 heteroatoms. The van der Waals surface area contributed by atoms with Crippen LogP contribution in [0.5, 0.6) is 0 Å². The molecule has 4 unspecified atom stereocenters. The van der Waals surface area contributed by atoms with Gasteiger partial charge in [0.05, 0.1) is 12.5 Å². The van der Waals surface area contributed by atoms with Crippen LogP contribution in [-0.2, 0) is 24.0 Å². The molecule has 7 N–H and O–H groups in total. The Labute approximate surface area is 187 Å². The van der Waals surface area contributed by atoms with E-state index in [0.717, 1.165) is 0 Å². The molecule has 0 aliphatic carbocycles. The number of hydrogen-bond acceptors (Lipinski definition) is 7. The first-order valence-electron chi connectivity index (χ1n) is 10.0. The van der Waals surface area contributed by atoms with E-state index in [1.54, 1.807) is 0 Å². The van der Waals surface area contributed by atoms with Crippen LogP contribution in [0.2, 0.25) is 0 Å². The second-order valence-electron chi connectivity index (χ2n) is 8.17. The largest absolute Gasteiger partial charge is 0.481 e. The van der Waals surface area contributed by atoms with Crippen molar-refractivity contribution >= 4 is 42.3 Å². The summed E-state index contributed by atoms with van der Waals surface area (Å²) in [6, 6.07) is -4.65. The maximum absolute atomic E-state index is 12.7. The van der Waals surface area contributed by atoms with Crippen molar-refractivity contribution in [2.24, 2.45) is 17.6 Å². The van der Waals surface area contributed by atoms with Gasteiger partial charge >= 0.3 is 11.9 Å². The highest BCUT2D eigenvalue weighted by Crippen LogP contribution is 2.08. The Morgan fingerprint density at radius 2 is 1.23 bits per heavy atom. The lowest BCUT2D eigenvalue weighted by Gasteiger charge is -2.25. The second-order valence-corrected chi connectivity index (χ2v) is 8.53. The lowest BCUT2D eigenvalue weighted by atomic mass is 10.0. The molecular weight excluding hydrogens is 428 g/mol. The van der Waals surface area contributed by atoms with Gasteiger partial charge in [0.15, 0.2) is 0 Å². The molecule has 0 saturated heterocycles. The standard InChI is InChI=1S/C19H34N4O7S/c1-9(2)5-11(20)16(26)21-12(6-10(3)4)17(27)23-14(8-31)18(28)22-13(19(29)30)7-15(24)25/h9-14,31H,5-8,20H2,1-4H3,(H,21,26)(H,22,28)(H,23,27)(H,24,25)(H,29,30). The van der Waals surface area contributed by atoms with Crippen LogP contribution < -0.4 is 21.7 Å². The van der Waals surface area contributed by atoms with Crippen LogP contribution in [0.25, 0.3) is 0 Å². The molecule has 0 spiro atoms. The van der Waals surface area contributed by atoms with E-state index in [1.165, 1.54) is 0 Å². The summed E-state index contributed by atoms with van der Waals surface area (Å²) >= 11 is 4.01. The fourth-order valence-corrected chi connectivity index (χ4v) is 2.97. The van der Waals surface area contributed by atoms with E-state index in [1.807, 2.05) is 27.7 Å². The normalized spacial score (nSPS) is 15.0. The third kappa shape index (κ3) is 11.6. The van der Waals surface area contributed by atoms with Gasteiger partial charge < -0.3 is 31.9 Å². The van der Waals surface area contributed by atoms with Gasteiger partial charge in [-0.15, -0.1) is 0 Å². The average Bonchev–Trinajstić information content (AvgIpc) is 2.63. The van der Waals surface area contributed by atoms with E-state index in [-0.39, 0.29) is 24.0 Å². The molecule has 11 nitrogen and oxygen atoms in total. The predicted octanol–water partition coefficient (Wildman–Crippen LogP) is -0.651. The van der Waals surface area contributed by atoms with Crippen molar-refractivity contribution in [3.63, 3.8) is 0 Å². The summed E-state index contributed by atoms with van der Waals surface area (Å²) in [7, 11) is 0. The maximum Gasteiger partial charge on any atom is 0.326 e. The van der Waals surface area contributed by atoms with E-state index < -0.39 is 60.2 Å². The zero-order valence-electron chi connectivity index (χ0n) is 18.3. The van der Waals surface area contributed by atoms with Crippen LogP contribution in [0.4, 0.5) is 0 Å². The van der Waals surface area contributed by atoms with Crippen LogP contribution in [0, 0.1) is 11.8 Å². The van der Waals surface area contributed by atoms with Gasteiger partial charge in [0, 0.05) is 5.75 Å². The van der Waals surface area contributed by atoms with Crippen LogP contribution in [0.1, 0.15) is 47.0 Å². The van der Waals surface area contributed by atoms with Gasteiger partial charge in [0.1, 0.15) is 18.1 Å². The van der Waals surface area contributed by atoms with Gasteiger partial charge in [0.2, 0.25) is 17.7 Å². The van der Waals surface area contributed by atoms with Crippen molar-refractivity contribution in [3.05, 3.63) is 0 Å². The van der Waals surface area contributed by atoms with E-state index in [2.05, 4.69) is 28.6 Å². The number of rotatable bonds is 14. The summed E-state index contributed by atoms with van der Waals surface area (Å²) in [4.78, 5) is 59.4. The minimum atomic E-state index is -1.66. The Hall–Kier alpha value is -2.34. The van der Waals surface area contributed by atoms with Crippen LogP contribution >= 0.6 is 12.6 Å². The van der Waals surface area contributed by atoms with Crippen molar-refractivity contribution in [3.8, 4) is 0 Å². The average molecular weight is 463 g/mol. The molecule has 0 fully saturated rings. The molecule has 0 rings (SSSR count). The third-order valence-corrected chi connectivity index (χ3v) is 4.58. The summed E-state index contributed by atoms with van der Waals surface area (Å²) in [5.41, 5.74) is 5.87. The number of hydrogen-bond donors (Lipinski definition) is 7. The van der Waals surface area contributed by atoms with Crippen LogP contribution in [0.15, 0.2) is 0 Å². The molecule has 0 radical (unpaired) electrons. The fraction of sp³-hybridized carbons (Fsp3) is 0.737. The van der Waals surface area contributed by atoms with Gasteiger partial charge in [-0.2, -0.15) is 12.6 Å². The first kappa shape index (κ1) is 28.7. The molecule has 0 aliphatic rings. The van der Waals surface area contributed by atoms with Crippen LogP contribution in [-0.4, -0.2) is 69.8 Å². The SMILES string of the molecule is CC(C)CC(N)C(=O)NC(CC(C)C)C(=O)NC(CS)C(=O)NC(CC(=O)O)C(=O)O. The zero-order valence-corrected chi connectivity index (χ0v) is 19.1. The molecule has 0 bridgehead atoms. The number of carbonyl (C=O) groups is 5. The van der Waals surface area contributed by atoms with Gasteiger partial charge in [-0.1, -0.05) is 27.7 Å². The minimum absolute atomic E-state index is 0.0348. The topological polar surface area (TPSA) is 188 Å². The molecule has 0 heterocycles. The Kier molecular flexibility index (Phi) is 12.8. The van der Waals surface area contributed by atoms with Gasteiger partial charge in [0.25, 0.3) is 0 Å². The number of thiol groups is 1. The van der Waals surface area contributed by atoms with Gasteiger partial charge in [-0.05, 0) is 24.7 Å². The smallest absolute Gasteiger partial charge is 0.326 e. The van der Waals surface area contributed by atoms with E-state index >= 15 is 0 Å². The number of aliphatic carboxylic acids is 2. The number of nitrogens with one attached hydrogen (secondary N) is 3. The Bertz CT molecular complexity index is 657. The number of carboxylic acid groups (broad SMARTS) is 2. The summed E-state index contributed by atoms with van der Waals surface area (Å²) in [6.45, 7) is 7.53. The Morgan fingerprint density at radius 1 is 0.774 bits per heavy atom. The number of carbonyl (C=O) groups excluding carboxylic acids is 3. The monoisotopic (exact) mass is 462 g/mol. The van der Waals surface area contributed by atoms with Crippen molar-refractivity contribution in [2.75, 3.05) is 5.75 Å². The summed E-state index contributed by atoms with van der Waals surface area (Å²) in [5.74, 6) is -4.93. The first-order valence-corrected chi connectivity index (χ1v) is 10.6. The zero-order chi connectivity index (χ0) is 24.3. The highest BCUT2D eigenvalue weighted by atomic mass is 32.1. The molecule has 0 aromatic carbocycles. The van der Waals surface area contributed by atoms with Crippen molar-refractivity contribution in [1.82, 2.24) is 16.0 Å². The van der Waals surface area contributed by atoms with E-state index in [9.17, 15) is 24.0 Å². The molecule has 0 aliphatic heterocycles. The first-order chi connectivity index (χ1) is 14.3. The van der Waals surface area contributed by atoms with Crippen molar-refractivity contribution < 1.29 is 34.2 Å². The molecular formula is C19H34N4O7S. The molecule has 3 amide bonds. The van der Waals surface area contributed by atoms with Crippen LogP contribution in [0.3, 0.4) is 0 Å². The van der Waals surface area contributed by atoms with E-state index in [4.69, 9.17) is 15.9 Å². The highest BCUT2D eigenvalue weighted by molar-refractivity contribution is 7.80. The van der Waals surface area contributed by atoms with Crippen molar-refractivity contribution in [2.45, 2.75) is 71.1 Å². The Morgan fingerprint density at radius 3 is 1.65 bits per heavy atom. The maximum atomic E-state index is 12.7. The van der Waals surface area contributed by atoms with Gasteiger partial charge in [-0.3, -0.25) is 19.2 Å². The lowest BCUT2D eigenvalue weighted by molar-refractivity contribution is -0.147. The Balaban J connectivity index is 5.25. The highest BCUT2D eigenvalue weighted by Gasteiger charge is 2.30. The summed E-state index contributed by atoms with van der Waals surface area (Å²) < 4.78 is 0. The number of nitrogens with two attached hydrogens (primary N) is 1. The minimum Gasteiger partial charge on any atom is -0.481 e. The molecule has 4 atom stereocenters. The predicted molar refractivity (Wildman–Crippen MR) is 116 cm³/mol. The third-order valence-electron chi connectivity index (χ3n) is 4.21. The molecule has 31 heavy (non-hydrogen) atoms. The summed E-state index contributed by atoms with van der Waals surface area (Å²) in [6.07, 6.45) is -0.110. The number of amides is 3. The molecule has 0 aromatic heterocycles. The number of carboxylic acids is 2. The fourth-order valence-electron chi connectivity index (χ4n) is 2.71. The molecule has 0 aromatic rings. The van der Waals surface area contributed by atoms with Gasteiger partial charge in [-0.25, -0.2) is 4.79 Å². The molecule has 178 valence electrons. The van der Waals surface area contributed by atoms with Crippen molar-refractivity contribution in [1.29, 1.82) is 0 Å². The van der Waals surface area contributed by atoms with E-state index in [0.29, 0.717) is 6.42 Å². The second kappa shape index (κ2) is 13.9. The quantitative estimate of drug-likeness (QED) is 0.166. The summed E-state index contributed by atoms with van der Waals surface area (Å²) in [5, 5.41) is 24.9. The molecule has 0 saturated carbocycles.